The highest BCUT2D eigenvalue weighted by molar-refractivity contribution is 5.97. The molecule has 0 spiro atoms. The van der Waals surface area contributed by atoms with Crippen LogP contribution < -0.4 is 9.64 Å². The van der Waals surface area contributed by atoms with Gasteiger partial charge in [-0.15, -0.1) is 0 Å². The predicted molar refractivity (Wildman–Crippen MR) is 93.2 cm³/mol. The van der Waals surface area contributed by atoms with Gasteiger partial charge in [-0.2, -0.15) is 5.10 Å². The zero-order valence-corrected chi connectivity index (χ0v) is 14.3. The molecule has 1 fully saturated rings. The molecule has 1 aliphatic heterocycles. The van der Waals surface area contributed by atoms with Gasteiger partial charge in [-0.05, 0) is 32.0 Å². The molecule has 0 unspecified atom stereocenters. The normalized spacial score (nSPS) is 18.2. The summed E-state index contributed by atoms with van der Waals surface area (Å²) in [6.07, 6.45) is 3.73. The van der Waals surface area contributed by atoms with Crippen LogP contribution >= 0.6 is 0 Å². The second kappa shape index (κ2) is 7.49. The number of aromatic nitrogens is 2. The highest BCUT2D eigenvalue weighted by Crippen LogP contribution is 2.21. The Morgan fingerprint density at radius 3 is 2.79 bits per heavy atom. The van der Waals surface area contributed by atoms with Gasteiger partial charge in [0.15, 0.2) is 5.82 Å². The summed E-state index contributed by atoms with van der Waals surface area (Å²) in [5.74, 6) is 1.72. The summed E-state index contributed by atoms with van der Waals surface area (Å²) in [5.41, 5.74) is 0. The minimum atomic E-state index is -0.111. The molecule has 1 aromatic heterocycles. The molecule has 0 bridgehead atoms. The van der Waals surface area contributed by atoms with E-state index in [1.165, 1.54) is 0 Å². The van der Waals surface area contributed by atoms with Gasteiger partial charge in [-0.3, -0.25) is 19.3 Å². The number of carbonyl (C=O) groups excluding carboxylic acids is 1. The smallest absolute Gasteiger partial charge is 0.245 e. The Kier molecular flexibility index (Phi) is 5.15. The van der Waals surface area contributed by atoms with E-state index in [2.05, 4.69) is 10.00 Å². The molecule has 24 heavy (non-hydrogen) atoms. The minimum Gasteiger partial charge on any atom is -0.492 e. The Bertz CT molecular complexity index is 671. The molecular weight excluding hydrogens is 304 g/mol. The van der Waals surface area contributed by atoms with Crippen molar-refractivity contribution < 1.29 is 9.53 Å². The maximum atomic E-state index is 12.8. The molecule has 2 heterocycles. The SMILES string of the molecule is CN(CCOc1ccccc1)[C@@H]1CCCN(c2ccn(C)n2)C1=O. The lowest BCUT2D eigenvalue weighted by molar-refractivity contribution is -0.125. The summed E-state index contributed by atoms with van der Waals surface area (Å²) >= 11 is 0. The van der Waals surface area contributed by atoms with Crippen LogP contribution in [0, 0.1) is 0 Å². The summed E-state index contributed by atoms with van der Waals surface area (Å²) in [4.78, 5) is 16.7. The number of amides is 1. The molecule has 6 nitrogen and oxygen atoms in total. The van der Waals surface area contributed by atoms with Gasteiger partial charge >= 0.3 is 0 Å². The summed E-state index contributed by atoms with van der Waals surface area (Å²) in [7, 11) is 3.85. The molecule has 0 radical (unpaired) electrons. The van der Waals surface area contributed by atoms with Crippen LogP contribution in [0.4, 0.5) is 5.82 Å². The van der Waals surface area contributed by atoms with E-state index in [4.69, 9.17) is 4.74 Å². The first-order valence-corrected chi connectivity index (χ1v) is 8.34. The second-order valence-corrected chi connectivity index (χ2v) is 6.14. The lowest BCUT2D eigenvalue weighted by Crippen LogP contribution is -2.52. The fourth-order valence-corrected chi connectivity index (χ4v) is 3.02. The van der Waals surface area contributed by atoms with Crippen LogP contribution in [0.2, 0.25) is 0 Å². The van der Waals surface area contributed by atoms with Crippen molar-refractivity contribution in [3.8, 4) is 5.75 Å². The Morgan fingerprint density at radius 1 is 1.29 bits per heavy atom. The summed E-state index contributed by atoms with van der Waals surface area (Å²) in [6, 6.07) is 11.5. The van der Waals surface area contributed by atoms with Gasteiger partial charge in [-0.25, -0.2) is 0 Å². The molecule has 1 aliphatic rings. The molecule has 2 aromatic rings. The Hall–Kier alpha value is -2.34. The first-order chi connectivity index (χ1) is 11.6. The van der Waals surface area contributed by atoms with Crippen molar-refractivity contribution >= 4 is 11.7 Å². The summed E-state index contributed by atoms with van der Waals surface area (Å²) in [6.45, 7) is 2.01. The van der Waals surface area contributed by atoms with E-state index < -0.39 is 0 Å². The number of carbonyl (C=O) groups is 1. The highest BCUT2D eigenvalue weighted by Gasteiger charge is 2.33. The fourth-order valence-electron chi connectivity index (χ4n) is 3.02. The number of benzene rings is 1. The van der Waals surface area contributed by atoms with Gasteiger partial charge in [0.1, 0.15) is 12.4 Å². The molecular formula is C18H24N4O2. The lowest BCUT2D eigenvalue weighted by atomic mass is 10.0. The lowest BCUT2D eigenvalue weighted by Gasteiger charge is -2.35. The van der Waals surface area contributed by atoms with Crippen LogP contribution in [0.5, 0.6) is 5.75 Å². The van der Waals surface area contributed by atoms with Crippen molar-refractivity contribution in [3.63, 3.8) is 0 Å². The van der Waals surface area contributed by atoms with Crippen molar-refractivity contribution in [2.75, 3.05) is 31.6 Å². The molecule has 1 aromatic carbocycles. The standard InChI is InChI=1S/C18H24N4O2/c1-20(13-14-24-15-7-4-3-5-8-15)16-9-6-11-22(18(16)23)17-10-12-21(2)19-17/h3-5,7-8,10,12,16H,6,9,11,13-14H2,1-2H3/t16-/m1/s1. The molecule has 1 atom stereocenters. The van der Waals surface area contributed by atoms with E-state index in [9.17, 15) is 4.79 Å². The van der Waals surface area contributed by atoms with E-state index >= 15 is 0 Å². The van der Waals surface area contributed by atoms with Gasteiger partial charge in [0.05, 0.1) is 6.04 Å². The number of anilines is 1. The first-order valence-electron chi connectivity index (χ1n) is 8.34. The molecule has 3 rings (SSSR count). The van der Waals surface area contributed by atoms with Crippen LogP contribution in [0.1, 0.15) is 12.8 Å². The van der Waals surface area contributed by atoms with Crippen LogP contribution in [0.15, 0.2) is 42.6 Å². The Balaban J connectivity index is 1.56. The zero-order valence-electron chi connectivity index (χ0n) is 14.3. The Morgan fingerprint density at radius 2 is 2.08 bits per heavy atom. The second-order valence-electron chi connectivity index (χ2n) is 6.14. The van der Waals surface area contributed by atoms with Crippen LogP contribution in [-0.2, 0) is 11.8 Å². The number of ether oxygens (including phenoxy) is 1. The third-order valence-corrected chi connectivity index (χ3v) is 4.37. The van der Waals surface area contributed by atoms with E-state index in [1.807, 2.05) is 56.7 Å². The number of para-hydroxylation sites is 1. The number of rotatable bonds is 6. The van der Waals surface area contributed by atoms with Gasteiger partial charge in [-0.1, -0.05) is 18.2 Å². The maximum Gasteiger partial charge on any atom is 0.245 e. The molecule has 1 amide bonds. The quantitative estimate of drug-likeness (QED) is 0.813. The molecule has 1 saturated heterocycles. The van der Waals surface area contributed by atoms with Crippen molar-refractivity contribution in [2.45, 2.75) is 18.9 Å². The van der Waals surface area contributed by atoms with E-state index in [1.54, 1.807) is 9.58 Å². The van der Waals surface area contributed by atoms with Crippen molar-refractivity contribution in [2.24, 2.45) is 7.05 Å². The molecule has 0 saturated carbocycles. The summed E-state index contributed by atoms with van der Waals surface area (Å²) in [5, 5.41) is 4.36. The van der Waals surface area contributed by atoms with E-state index in [0.29, 0.717) is 13.2 Å². The maximum absolute atomic E-state index is 12.8. The largest absolute Gasteiger partial charge is 0.492 e. The third kappa shape index (κ3) is 3.76. The zero-order chi connectivity index (χ0) is 16.9. The van der Waals surface area contributed by atoms with Crippen molar-refractivity contribution in [1.29, 1.82) is 0 Å². The highest BCUT2D eigenvalue weighted by atomic mass is 16.5. The number of likely N-dealkylation sites (N-methyl/N-ethyl adjacent to an activating group) is 1. The average Bonchev–Trinajstić information content (AvgIpc) is 3.02. The van der Waals surface area contributed by atoms with Crippen molar-refractivity contribution in [1.82, 2.24) is 14.7 Å². The number of hydrogen-bond donors (Lipinski definition) is 0. The van der Waals surface area contributed by atoms with Gasteiger partial charge in [0, 0.05) is 32.4 Å². The van der Waals surface area contributed by atoms with Gasteiger partial charge in [0.25, 0.3) is 0 Å². The molecule has 0 aliphatic carbocycles. The van der Waals surface area contributed by atoms with Crippen LogP contribution in [0.25, 0.3) is 0 Å². The molecule has 0 N–H and O–H groups in total. The topological polar surface area (TPSA) is 50.6 Å². The summed E-state index contributed by atoms with van der Waals surface area (Å²) < 4.78 is 7.46. The fraction of sp³-hybridized carbons (Fsp3) is 0.444. The van der Waals surface area contributed by atoms with Gasteiger partial charge < -0.3 is 4.74 Å². The molecule has 128 valence electrons. The number of nitrogens with zero attached hydrogens (tertiary/aromatic N) is 4. The molecule has 6 heteroatoms. The number of hydrogen-bond acceptors (Lipinski definition) is 4. The minimum absolute atomic E-state index is 0.111. The van der Waals surface area contributed by atoms with E-state index in [0.717, 1.165) is 31.0 Å². The van der Waals surface area contributed by atoms with Crippen LogP contribution in [0.3, 0.4) is 0 Å². The van der Waals surface area contributed by atoms with Crippen LogP contribution in [-0.4, -0.2) is 53.4 Å². The van der Waals surface area contributed by atoms with E-state index in [-0.39, 0.29) is 11.9 Å². The Labute approximate surface area is 142 Å². The third-order valence-electron chi connectivity index (χ3n) is 4.37. The van der Waals surface area contributed by atoms with Gasteiger partial charge in [0.2, 0.25) is 5.91 Å². The monoisotopic (exact) mass is 328 g/mol. The predicted octanol–water partition coefficient (Wildman–Crippen LogP) is 1.93. The first kappa shape index (κ1) is 16.5. The number of aryl methyl sites for hydroxylation is 1. The van der Waals surface area contributed by atoms with Crippen molar-refractivity contribution in [3.05, 3.63) is 42.6 Å². The number of piperidine rings is 1. The average molecular weight is 328 g/mol.